The molecule has 0 aromatic rings. The lowest BCUT2D eigenvalue weighted by molar-refractivity contribution is 0.555. The Bertz CT molecular complexity index is 49.1. The molecular formula is C7H14. The van der Waals surface area contributed by atoms with Gasteiger partial charge in [-0.05, 0) is 18.3 Å². The Balaban J connectivity index is 2.26. The molecule has 2 atom stereocenters. The summed E-state index contributed by atoms with van der Waals surface area (Å²) in [7, 11) is 0. The Hall–Kier alpha value is 0. The fourth-order valence-electron chi connectivity index (χ4n) is 1.49. The summed E-state index contributed by atoms with van der Waals surface area (Å²) in [6, 6.07) is 0. The first-order valence-corrected chi connectivity index (χ1v) is 3.29. The average Bonchev–Trinajstić information content (AvgIpc) is 1.87. The lowest BCUT2D eigenvalue weighted by Crippen LogP contribution is -1.84. The van der Waals surface area contributed by atoms with Crippen molar-refractivity contribution in [1.82, 2.24) is 0 Å². The maximum Gasteiger partial charge on any atom is -0.0440 e. The summed E-state index contributed by atoms with van der Waals surface area (Å²) in [5.74, 6) is 2.05. The van der Waals surface area contributed by atoms with Crippen molar-refractivity contribution in [2.24, 2.45) is 11.8 Å². The van der Waals surface area contributed by atoms with Crippen LogP contribution in [-0.4, -0.2) is 0 Å². The maximum atomic E-state index is 2.35. The molecule has 0 aliphatic heterocycles. The molecular weight excluding hydrogens is 84.1 g/mol. The molecule has 0 amide bonds. The second-order valence-corrected chi connectivity index (χ2v) is 3.02. The van der Waals surface area contributed by atoms with Gasteiger partial charge in [0.2, 0.25) is 0 Å². The Morgan fingerprint density at radius 3 is 1.57 bits per heavy atom. The molecule has 1 aliphatic carbocycles. The van der Waals surface area contributed by atoms with Crippen LogP contribution >= 0.6 is 0 Å². The highest BCUT2D eigenvalue weighted by Crippen LogP contribution is 2.29. The van der Waals surface area contributed by atoms with Crippen LogP contribution in [0.5, 0.6) is 0 Å². The minimum atomic E-state index is 1.02. The molecule has 1 aliphatic rings. The predicted octanol–water partition coefficient (Wildman–Crippen LogP) is 2.44. The van der Waals surface area contributed by atoms with E-state index in [9.17, 15) is 0 Å². The zero-order chi connectivity index (χ0) is 5.28. The van der Waals surface area contributed by atoms with Gasteiger partial charge in [0.15, 0.2) is 0 Å². The van der Waals surface area contributed by atoms with E-state index in [0.29, 0.717) is 0 Å². The van der Waals surface area contributed by atoms with Crippen LogP contribution < -0.4 is 0 Å². The first-order chi connectivity index (χ1) is 3.29. The minimum Gasteiger partial charge on any atom is -0.0625 e. The van der Waals surface area contributed by atoms with Gasteiger partial charge in [-0.3, -0.25) is 0 Å². The van der Waals surface area contributed by atoms with Crippen molar-refractivity contribution in [3.05, 3.63) is 0 Å². The van der Waals surface area contributed by atoms with Crippen molar-refractivity contribution in [3.63, 3.8) is 0 Å². The van der Waals surface area contributed by atoms with Crippen LogP contribution in [0, 0.1) is 11.8 Å². The van der Waals surface area contributed by atoms with Crippen LogP contribution in [0.15, 0.2) is 0 Å². The standard InChI is InChI=1S/C7H14/c1-6-3-4-7(2)5-6/h6-7H,3-5H2,1-2H3/t6-,7?/m1/s1. The zero-order valence-electron chi connectivity index (χ0n) is 5.28. The highest BCUT2D eigenvalue weighted by atomic mass is 14.2. The SMILES string of the molecule is CC1CC[C@@H](C)C1. The maximum absolute atomic E-state index is 2.35. The summed E-state index contributed by atoms with van der Waals surface area (Å²) >= 11 is 0. The van der Waals surface area contributed by atoms with E-state index in [0.717, 1.165) is 11.8 Å². The summed E-state index contributed by atoms with van der Waals surface area (Å²) in [4.78, 5) is 0. The van der Waals surface area contributed by atoms with Crippen molar-refractivity contribution in [2.75, 3.05) is 0 Å². The number of hydrogen-bond donors (Lipinski definition) is 0. The molecule has 0 N–H and O–H groups in total. The molecule has 7 heavy (non-hydrogen) atoms. The van der Waals surface area contributed by atoms with E-state index in [1.807, 2.05) is 0 Å². The predicted molar refractivity (Wildman–Crippen MR) is 32.2 cm³/mol. The molecule has 0 heteroatoms. The normalized spacial score (nSPS) is 42.0. The van der Waals surface area contributed by atoms with Crippen LogP contribution in [0.1, 0.15) is 33.1 Å². The molecule has 0 spiro atoms. The molecule has 1 unspecified atom stereocenters. The minimum absolute atomic E-state index is 1.02. The average molecular weight is 98.2 g/mol. The molecule has 0 saturated heterocycles. The van der Waals surface area contributed by atoms with Gasteiger partial charge in [-0.1, -0.05) is 26.7 Å². The van der Waals surface area contributed by atoms with Crippen LogP contribution in [0.4, 0.5) is 0 Å². The summed E-state index contributed by atoms with van der Waals surface area (Å²) in [6.45, 7) is 4.70. The highest BCUT2D eigenvalue weighted by Gasteiger charge is 2.15. The molecule has 0 nitrogen and oxygen atoms in total. The zero-order valence-corrected chi connectivity index (χ0v) is 5.28. The van der Waals surface area contributed by atoms with Gasteiger partial charge in [0.1, 0.15) is 0 Å². The lowest BCUT2D eigenvalue weighted by atomic mass is 10.1. The Kier molecular flexibility index (Phi) is 1.36. The van der Waals surface area contributed by atoms with Crippen molar-refractivity contribution in [1.29, 1.82) is 0 Å². The second kappa shape index (κ2) is 1.85. The van der Waals surface area contributed by atoms with Gasteiger partial charge in [-0.25, -0.2) is 0 Å². The van der Waals surface area contributed by atoms with Crippen LogP contribution in [0.2, 0.25) is 0 Å². The Morgan fingerprint density at radius 1 is 1.00 bits per heavy atom. The van der Waals surface area contributed by atoms with E-state index in [4.69, 9.17) is 0 Å². The third kappa shape index (κ3) is 1.19. The first kappa shape index (κ1) is 5.14. The summed E-state index contributed by atoms with van der Waals surface area (Å²) in [5.41, 5.74) is 0. The molecule has 1 rings (SSSR count). The van der Waals surface area contributed by atoms with Crippen molar-refractivity contribution in [2.45, 2.75) is 33.1 Å². The summed E-state index contributed by atoms with van der Waals surface area (Å²) in [5, 5.41) is 0. The molecule has 1 saturated carbocycles. The van der Waals surface area contributed by atoms with E-state index in [1.165, 1.54) is 19.3 Å². The van der Waals surface area contributed by atoms with Crippen LogP contribution in [0.25, 0.3) is 0 Å². The molecule has 42 valence electrons. The smallest absolute Gasteiger partial charge is 0.0440 e. The van der Waals surface area contributed by atoms with E-state index in [1.54, 1.807) is 0 Å². The van der Waals surface area contributed by atoms with Crippen molar-refractivity contribution < 1.29 is 0 Å². The van der Waals surface area contributed by atoms with E-state index < -0.39 is 0 Å². The second-order valence-electron chi connectivity index (χ2n) is 3.02. The molecule has 1 fully saturated rings. The van der Waals surface area contributed by atoms with Gasteiger partial charge in [0.25, 0.3) is 0 Å². The van der Waals surface area contributed by atoms with E-state index in [-0.39, 0.29) is 0 Å². The topological polar surface area (TPSA) is 0 Å². The summed E-state index contributed by atoms with van der Waals surface area (Å²) < 4.78 is 0. The molecule has 0 radical (unpaired) electrons. The van der Waals surface area contributed by atoms with Gasteiger partial charge in [0.05, 0.1) is 0 Å². The fourth-order valence-corrected chi connectivity index (χ4v) is 1.49. The van der Waals surface area contributed by atoms with E-state index >= 15 is 0 Å². The lowest BCUT2D eigenvalue weighted by Gasteiger charge is -1.96. The molecule has 0 aromatic carbocycles. The van der Waals surface area contributed by atoms with Gasteiger partial charge in [-0.2, -0.15) is 0 Å². The van der Waals surface area contributed by atoms with E-state index in [2.05, 4.69) is 13.8 Å². The highest BCUT2D eigenvalue weighted by molar-refractivity contribution is 4.68. The number of hydrogen-bond acceptors (Lipinski definition) is 0. The third-order valence-electron chi connectivity index (χ3n) is 1.96. The monoisotopic (exact) mass is 98.1 g/mol. The Labute approximate surface area is 45.9 Å². The van der Waals surface area contributed by atoms with Gasteiger partial charge in [-0.15, -0.1) is 0 Å². The van der Waals surface area contributed by atoms with Crippen LogP contribution in [0.3, 0.4) is 0 Å². The van der Waals surface area contributed by atoms with Crippen molar-refractivity contribution >= 4 is 0 Å². The molecule has 0 bridgehead atoms. The fraction of sp³-hybridized carbons (Fsp3) is 1.00. The Morgan fingerprint density at radius 2 is 1.43 bits per heavy atom. The third-order valence-corrected chi connectivity index (χ3v) is 1.96. The van der Waals surface area contributed by atoms with Gasteiger partial charge < -0.3 is 0 Å². The van der Waals surface area contributed by atoms with Gasteiger partial charge in [0, 0.05) is 0 Å². The van der Waals surface area contributed by atoms with Crippen LogP contribution in [-0.2, 0) is 0 Å². The van der Waals surface area contributed by atoms with Crippen molar-refractivity contribution in [3.8, 4) is 0 Å². The molecule has 0 heterocycles. The largest absolute Gasteiger partial charge is 0.0625 e. The quantitative estimate of drug-likeness (QED) is 0.436. The summed E-state index contributed by atoms with van der Waals surface area (Å²) in [6.07, 6.45) is 4.42. The molecule has 0 aromatic heterocycles. The number of rotatable bonds is 0. The first-order valence-electron chi connectivity index (χ1n) is 3.29. The van der Waals surface area contributed by atoms with Gasteiger partial charge >= 0.3 is 0 Å².